The van der Waals surface area contributed by atoms with E-state index >= 15 is 0 Å². The van der Waals surface area contributed by atoms with Gasteiger partial charge in [0.2, 0.25) is 0 Å². The Morgan fingerprint density at radius 3 is 2.55 bits per heavy atom. The van der Waals surface area contributed by atoms with Crippen LogP contribution in [0.1, 0.15) is 57.6 Å². The fourth-order valence-corrected chi connectivity index (χ4v) is 3.01. The first kappa shape index (κ1) is 17.8. The molecule has 0 N–H and O–H groups in total. The molecule has 0 radical (unpaired) electrons. The number of hydrogen-bond acceptors (Lipinski definition) is 2. The summed E-state index contributed by atoms with van der Waals surface area (Å²) in [4.78, 5) is 0. The normalized spacial score (nSPS) is 14.0. The van der Waals surface area contributed by atoms with E-state index in [1.807, 2.05) is 18.2 Å². The van der Waals surface area contributed by atoms with Crippen LogP contribution in [0.4, 0.5) is 0 Å². The highest BCUT2D eigenvalue weighted by Crippen LogP contribution is 2.30. The number of ether oxygens (including phenoxy) is 2. The molecule has 114 valence electrons. The maximum absolute atomic E-state index is 6.22. The lowest BCUT2D eigenvalue weighted by molar-refractivity contribution is 0.00477. The average molecular weight is 390 g/mol. The molecule has 0 heterocycles. The third kappa shape index (κ3) is 6.00. The number of hydrogen-bond donors (Lipinski definition) is 0. The van der Waals surface area contributed by atoms with E-state index in [4.69, 9.17) is 9.47 Å². The van der Waals surface area contributed by atoms with Gasteiger partial charge in [0.25, 0.3) is 0 Å². The molecule has 0 aliphatic carbocycles. The Kier molecular flexibility index (Phi) is 9.27. The molecule has 20 heavy (non-hydrogen) atoms. The van der Waals surface area contributed by atoms with Gasteiger partial charge >= 0.3 is 0 Å². The Balaban J connectivity index is 2.53. The highest BCUT2D eigenvalue weighted by molar-refractivity contribution is 14.1. The van der Waals surface area contributed by atoms with E-state index in [2.05, 4.69) is 42.5 Å². The van der Waals surface area contributed by atoms with Gasteiger partial charge in [0.05, 0.1) is 19.3 Å². The van der Waals surface area contributed by atoms with Crippen LogP contribution in [-0.2, 0) is 4.74 Å². The largest absolute Gasteiger partial charge is 0.496 e. The fourth-order valence-electron chi connectivity index (χ4n) is 2.33. The summed E-state index contributed by atoms with van der Waals surface area (Å²) < 4.78 is 12.6. The van der Waals surface area contributed by atoms with Gasteiger partial charge in [-0.1, -0.05) is 73.4 Å². The van der Waals surface area contributed by atoms with Gasteiger partial charge in [0, 0.05) is 9.99 Å². The number of methoxy groups -OCH3 is 1. The Morgan fingerprint density at radius 2 is 1.90 bits per heavy atom. The van der Waals surface area contributed by atoms with E-state index < -0.39 is 0 Å². The number of benzene rings is 1. The Labute approximate surface area is 137 Å². The van der Waals surface area contributed by atoms with Gasteiger partial charge in [-0.25, -0.2) is 0 Å². The number of rotatable bonds is 10. The minimum Gasteiger partial charge on any atom is -0.496 e. The Bertz CT molecular complexity index is 368. The standard InChI is InChI=1S/C17H27IO2/c1-4-5-6-7-10-14(2)20-17(13-18)15-11-8-9-12-16(15)19-3/h8-9,11-12,14,17H,4-7,10,13H2,1-3H3. The van der Waals surface area contributed by atoms with Crippen molar-refractivity contribution >= 4 is 22.6 Å². The molecule has 0 aliphatic heterocycles. The molecule has 1 rings (SSSR count). The van der Waals surface area contributed by atoms with Crippen molar-refractivity contribution in [3.63, 3.8) is 0 Å². The van der Waals surface area contributed by atoms with Gasteiger partial charge in [-0.3, -0.25) is 0 Å². The van der Waals surface area contributed by atoms with Crippen LogP contribution in [0.25, 0.3) is 0 Å². The Hall–Kier alpha value is -0.290. The second-order valence-electron chi connectivity index (χ2n) is 5.18. The van der Waals surface area contributed by atoms with Gasteiger partial charge in [-0.15, -0.1) is 0 Å². The summed E-state index contributed by atoms with van der Waals surface area (Å²) in [6.45, 7) is 4.42. The van der Waals surface area contributed by atoms with Gasteiger partial charge in [-0.05, 0) is 19.4 Å². The number of unbranched alkanes of at least 4 members (excludes halogenated alkanes) is 3. The molecular formula is C17H27IO2. The first-order valence-corrected chi connectivity index (χ1v) is 9.09. The van der Waals surface area contributed by atoms with Crippen molar-refractivity contribution in [3.05, 3.63) is 29.8 Å². The van der Waals surface area contributed by atoms with Crippen LogP contribution in [0.2, 0.25) is 0 Å². The third-order valence-electron chi connectivity index (χ3n) is 3.49. The first-order chi connectivity index (χ1) is 9.72. The number of halogens is 1. The molecular weight excluding hydrogens is 363 g/mol. The van der Waals surface area contributed by atoms with Crippen molar-refractivity contribution in [1.82, 2.24) is 0 Å². The first-order valence-electron chi connectivity index (χ1n) is 7.57. The molecule has 0 saturated heterocycles. The molecule has 0 saturated carbocycles. The fraction of sp³-hybridized carbons (Fsp3) is 0.647. The van der Waals surface area contributed by atoms with E-state index in [9.17, 15) is 0 Å². The van der Waals surface area contributed by atoms with Crippen molar-refractivity contribution in [2.24, 2.45) is 0 Å². The molecule has 0 aliphatic rings. The molecule has 0 spiro atoms. The molecule has 1 aromatic carbocycles. The van der Waals surface area contributed by atoms with E-state index in [1.165, 1.54) is 25.7 Å². The molecule has 2 unspecified atom stereocenters. The minimum absolute atomic E-state index is 0.118. The maximum atomic E-state index is 6.22. The number of para-hydroxylation sites is 1. The maximum Gasteiger partial charge on any atom is 0.124 e. The molecule has 2 atom stereocenters. The lowest BCUT2D eigenvalue weighted by Gasteiger charge is -2.23. The van der Waals surface area contributed by atoms with Gasteiger partial charge in [-0.2, -0.15) is 0 Å². The summed E-state index contributed by atoms with van der Waals surface area (Å²) in [6.07, 6.45) is 6.75. The van der Waals surface area contributed by atoms with Crippen LogP contribution in [-0.4, -0.2) is 17.6 Å². The van der Waals surface area contributed by atoms with E-state index in [0.29, 0.717) is 6.10 Å². The monoisotopic (exact) mass is 390 g/mol. The van der Waals surface area contributed by atoms with E-state index in [0.717, 1.165) is 22.2 Å². The zero-order valence-corrected chi connectivity index (χ0v) is 15.1. The predicted octanol–water partition coefficient (Wildman–Crippen LogP) is 5.55. The summed E-state index contributed by atoms with van der Waals surface area (Å²) in [6, 6.07) is 8.16. The van der Waals surface area contributed by atoms with Crippen LogP contribution >= 0.6 is 22.6 Å². The zero-order chi connectivity index (χ0) is 14.8. The SMILES string of the molecule is CCCCCCC(C)OC(CI)c1ccccc1OC. The molecule has 0 fully saturated rings. The van der Waals surface area contributed by atoms with Crippen molar-refractivity contribution in [3.8, 4) is 5.75 Å². The molecule has 3 heteroatoms. The summed E-state index contributed by atoms with van der Waals surface area (Å²) in [7, 11) is 1.72. The van der Waals surface area contributed by atoms with Gasteiger partial charge < -0.3 is 9.47 Å². The van der Waals surface area contributed by atoms with Crippen LogP contribution < -0.4 is 4.74 Å². The minimum atomic E-state index is 0.118. The van der Waals surface area contributed by atoms with Crippen molar-refractivity contribution in [1.29, 1.82) is 0 Å². The Morgan fingerprint density at radius 1 is 1.15 bits per heavy atom. The quantitative estimate of drug-likeness (QED) is 0.296. The van der Waals surface area contributed by atoms with Crippen molar-refractivity contribution in [2.75, 3.05) is 11.5 Å². The summed E-state index contributed by atoms with van der Waals surface area (Å²) in [5.74, 6) is 0.923. The highest BCUT2D eigenvalue weighted by atomic mass is 127. The van der Waals surface area contributed by atoms with E-state index in [-0.39, 0.29) is 6.10 Å². The second kappa shape index (κ2) is 10.4. The lowest BCUT2D eigenvalue weighted by atomic mass is 10.1. The summed E-state index contributed by atoms with van der Waals surface area (Å²) >= 11 is 2.39. The van der Waals surface area contributed by atoms with Crippen LogP contribution in [0.5, 0.6) is 5.75 Å². The highest BCUT2D eigenvalue weighted by Gasteiger charge is 2.17. The van der Waals surface area contributed by atoms with Gasteiger partial charge in [0.1, 0.15) is 5.75 Å². The van der Waals surface area contributed by atoms with Crippen molar-refractivity contribution in [2.45, 2.75) is 58.2 Å². The molecule has 2 nitrogen and oxygen atoms in total. The zero-order valence-electron chi connectivity index (χ0n) is 12.9. The molecule has 0 aromatic heterocycles. The molecule has 1 aromatic rings. The molecule has 0 amide bonds. The van der Waals surface area contributed by atoms with Crippen LogP contribution in [0.3, 0.4) is 0 Å². The van der Waals surface area contributed by atoms with Crippen LogP contribution in [0, 0.1) is 0 Å². The summed E-state index contributed by atoms with van der Waals surface area (Å²) in [5.41, 5.74) is 1.16. The predicted molar refractivity (Wildman–Crippen MR) is 93.9 cm³/mol. The summed E-state index contributed by atoms with van der Waals surface area (Å²) in [5, 5.41) is 0. The van der Waals surface area contributed by atoms with Gasteiger partial charge in [0.15, 0.2) is 0 Å². The lowest BCUT2D eigenvalue weighted by Crippen LogP contribution is -2.15. The molecule has 0 bridgehead atoms. The number of alkyl halides is 1. The third-order valence-corrected chi connectivity index (χ3v) is 4.29. The topological polar surface area (TPSA) is 18.5 Å². The van der Waals surface area contributed by atoms with Crippen LogP contribution in [0.15, 0.2) is 24.3 Å². The second-order valence-corrected chi connectivity index (χ2v) is 6.06. The smallest absolute Gasteiger partial charge is 0.124 e. The van der Waals surface area contributed by atoms with Crippen molar-refractivity contribution < 1.29 is 9.47 Å². The van der Waals surface area contributed by atoms with E-state index in [1.54, 1.807) is 7.11 Å². The average Bonchev–Trinajstić information content (AvgIpc) is 2.49.